The second-order valence-electron chi connectivity index (χ2n) is 9.02. The number of nitrogens with zero attached hydrogens (tertiary/aromatic N) is 6. The van der Waals surface area contributed by atoms with Gasteiger partial charge in [-0.25, -0.2) is 22.9 Å². The summed E-state index contributed by atoms with van der Waals surface area (Å²) in [6.45, 7) is 0.592. The van der Waals surface area contributed by atoms with Gasteiger partial charge in [0.15, 0.2) is 21.3 Å². The number of halogens is 1. The number of benzene rings is 1. The summed E-state index contributed by atoms with van der Waals surface area (Å²) >= 11 is 6.70. The maximum absolute atomic E-state index is 13.7. The number of amides is 1. The predicted octanol–water partition coefficient (Wildman–Crippen LogP) is 2.37. The van der Waals surface area contributed by atoms with E-state index in [0.29, 0.717) is 40.7 Å². The quantitative estimate of drug-likeness (QED) is 0.340. The van der Waals surface area contributed by atoms with Crippen LogP contribution >= 0.6 is 11.6 Å². The zero-order valence-corrected chi connectivity index (χ0v) is 21.6. The fourth-order valence-electron chi connectivity index (χ4n) is 4.84. The van der Waals surface area contributed by atoms with Gasteiger partial charge in [0.05, 0.1) is 34.3 Å². The lowest BCUT2D eigenvalue weighted by Crippen LogP contribution is -2.42. The van der Waals surface area contributed by atoms with Gasteiger partial charge in [-0.3, -0.25) is 9.20 Å². The van der Waals surface area contributed by atoms with Gasteiger partial charge in [0, 0.05) is 31.0 Å². The monoisotopic (exact) mass is 550 g/mol. The first-order valence-electron chi connectivity index (χ1n) is 11.9. The number of carbonyl (C=O) groups is 1. The Morgan fingerprint density at radius 3 is 2.66 bits per heavy atom. The van der Waals surface area contributed by atoms with Gasteiger partial charge < -0.3 is 16.0 Å². The number of nitrogens with two attached hydrogens (primary N) is 1. The highest BCUT2D eigenvalue weighted by molar-refractivity contribution is 7.91. The number of pyridine rings is 1. The van der Waals surface area contributed by atoms with Crippen molar-refractivity contribution >= 4 is 50.1 Å². The first-order chi connectivity index (χ1) is 18.3. The molecule has 194 valence electrons. The molecule has 0 bridgehead atoms. The summed E-state index contributed by atoms with van der Waals surface area (Å²) in [6, 6.07) is 12.3. The zero-order valence-electron chi connectivity index (χ0n) is 20.0. The molecule has 1 atom stereocenters. The van der Waals surface area contributed by atoms with E-state index < -0.39 is 21.8 Å². The molecule has 1 unspecified atom stereocenters. The van der Waals surface area contributed by atoms with Crippen molar-refractivity contribution in [2.45, 2.75) is 6.04 Å². The van der Waals surface area contributed by atoms with Crippen LogP contribution in [0.3, 0.4) is 0 Å². The number of carbonyl (C=O) groups excluding carboxylic acids is 1. The van der Waals surface area contributed by atoms with Gasteiger partial charge in [0.2, 0.25) is 0 Å². The van der Waals surface area contributed by atoms with Crippen LogP contribution in [0.2, 0.25) is 5.02 Å². The number of aromatic nitrogens is 5. The van der Waals surface area contributed by atoms with Gasteiger partial charge in [-0.1, -0.05) is 41.9 Å². The number of anilines is 2. The molecule has 0 spiro atoms. The molecule has 5 aromatic rings. The van der Waals surface area contributed by atoms with Crippen LogP contribution in [0.15, 0.2) is 67.4 Å². The number of rotatable bonds is 5. The Balaban J connectivity index is 1.51. The van der Waals surface area contributed by atoms with Crippen LogP contribution in [0, 0.1) is 0 Å². The summed E-state index contributed by atoms with van der Waals surface area (Å²) in [7, 11) is -3.12. The molecule has 1 aromatic carbocycles. The van der Waals surface area contributed by atoms with Crippen molar-refractivity contribution in [3.63, 3.8) is 0 Å². The summed E-state index contributed by atoms with van der Waals surface area (Å²) in [5.74, 6) is 0.352. The lowest BCUT2D eigenvalue weighted by molar-refractivity contribution is 0.0945. The van der Waals surface area contributed by atoms with Crippen molar-refractivity contribution in [2.24, 2.45) is 0 Å². The molecule has 38 heavy (non-hydrogen) atoms. The second-order valence-corrected chi connectivity index (χ2v) is 11.7. The topological polar surface area (TPSA) is 140 Å². The van der Waals surface area contributed by atoms with E-state index in [0.717, 1.165) is 5.56 Å². The lowest BCUT2D eigenvalue weighted by atomic mass is 9.97. The van der Waals surface area contributed by atoms with Gasteiger partial charge in [-0.2, -0.15) is 0 Å². The number of fused-ring (bicyclic) bond motifs is 2. The molecule has 11 nitrogen and oxygen atoms in total. The molecule has 1 amide bonds. The number of hydrogen-bond acceptors (Lipinski definition) is 8. The van der Waals surface area contributed by atoms with E-state index in [9.17, 15) is 13.2 Å². The molecule has 1 aliphatic heterocycles. The SMILES string of the molecule is Nc1nn2cccnc2c1C(=O)NC(c1ccccc1)c1cc(Cl)c2cncn2c1N1CCS(=O)(=O)CC1. The molecule has 1 fully saturated rings. The van der Waals surface area contributed by atoms with Crippen LogP contribution in [0.4, 0.5) is 11.6 Å². The molecule has 0 aliphatic carbocycles. The maximum Gasteiger partial charge on any atom is 0.259 e. The van der Waals surface area contributed by atoms with Crippen LogP contribution < -0.4 is 16.0 Å². The van der Waals surface area contributed by atoms with Crippen molar-refractivity contribution in [1.82, 2.24) is 29.3 Å². The first kappa shape index (κ1) is 24.2. The van der Waals surface area contributed by atoms with E-state index in [1.54, 1.807) is 37.1 Å². The number of nitrogens with one attached hydrogen (secondary N) is 1. The second kappa shape index (κ2) is 9.30. The summed E-state index contributed by atoms with van der Waals surface area (Å²) < 4.78 is 27.7. The summed E-state index contributed by atoms with van der Waals surface area (Å²) in [5, 5.41) is 7.77. The molecule has 5 heterocycles. The Labute approximate surface area is 222 Å². The van der Waals surface area contributed by atoms with E-state index in [1.807, 2.05) is 39.6 Å². The Hall–Kier alpha value is -4.16. The van der Waals surface area contributed by atoms with E-state index >= 15 is 0 Å². The third-order valence-electron chi connectivity index (χ3n) is 6.66. The van der Waals surface area contributed by atoms with Crippen LogP contribution in [0.5, 0.6) is 0 Å². The Morgan fingerprint density at radius 2 is 1.89 bits per heavy atom. The minimum Gasteiger partial charge on any atom is -0.381 e. The van der Waals surface area contributed by atoms with Gasteiger partial charge >= 0.3 is 0 Å². The molecule has 4 aromatic heterocycles. The molecule has 1 saturated heterocycles. The molecule has 3 N–H and O–H groups in total. The molecular weight excluding hydrogens is 528 g/mol. The molecule has 13 heteroatoms. The number of imidazole rings is 1. The van der Waals surface area contributed by atoms with E-state index in [2.05, 4.69) is 20.4 Å². The molecular formula is C25H23ClN8O3S. The third kappa shape index (κ3) is 4.21. The fourth-order valence-corrected chi connectivity index (χ4v) is 6.30. The smallest absolute Gasteiger partial charge is 0.259 e. The van der Waals surface area contributed by atoms with Crippen LogP contribution in [-0.2, 0) is 9.84 Å². The zero-order chi connectivity index (χ0) is 26.4. The molecule has 6 rings (SSSR count). The number of sulfone groups is 1. The largest absolute Gasteiger partial charge is 0.381 e. The fraction of sp³-hybridized carbons (Fsp3) is 0.200. The van der Waals surface area contributed by atoms with Crippen molar-refractivity contribution < 1.29 is 13.2 Å². The van der Waals surface area contributed by atoms with Gasteiger partial charge in [0.25, 0.3) is 5.91 Å². The Kier molecular flexibility index (Phi) is 5.92. The average Bonchev–Trinajstić information content (AvgIpc) is 3.53. The lowest BCUT2D eigenvalue weighted by Gasteiger charge is -2.33. The molecule has 0 radical (unpaired) electrons. The number of hydrogen-bond donors (Lipinski definition) is 2. The minimum absolute atomic E-state index is 0.0260. The highest BCUT2D eigenvalue weighted by Crippen LogP contribution is 2.36. The van der Waals surface area contributed by atoms with Crippen molar-refractivity contribution in [3.05, 3.63) is 89.1 Å². The minimum atomic E-state index is -3.12. The van der Waals surface area contributed by atoms with E-state index in [1.165, 1.54) is 4.52 Å². The van der Waals surface area contributed by atoms with Crippen LogP contribution in [0.1, 0.15) is 27.5 Å². The normalized spacial score (nSPS) is 16.1. The van der Waals surface area contributed by atoms with Gasteiger partial charge in [-0.05, 0) is 17.7 Å². The highest BCUT2D eigenvalue weighted by atomic mass is 35.5. The van der Waals surface area contributed by atoms with Crippen molar-refractivity contribution in [2.75, 3.05) is 35.2 Å². The first-order valence-corrected chi connectivity index (χ1v) is 14.1. The molecule has 0 saturated carbocycles. The van der Waals surface area contributed by atoms with Crippen molar-refractivity contribution in [1.29, 1.82) is 0 Å². The third-order valence-corrected chi connectivity index (χ3v) is 8.58. The van der Waals surface area contributed by atoms with Gasteiger partial charge in [0.1, 0.15) is 17.7 Å². The Morgan fingerprint density at radius 1 is 1.13 bits per heavy atom. The van der Waals surface area contributed by atoms with Crippen LogP contribution in [-0.4, -0.2) is 62.9 Å². The summed E-state index contributed by atoms with van der Waals surface area (Å²) in [5.41, 5.74) is 8.78. The number of nitrogen functional groups attached to an aromatic ring is 1. The average molecular weight is 551 g/mol. The predicted molar refractivity (Wildman–Crippen MR) is 144 cm³/mol. The van der Waals surface area contributed by atoms with Crippen LogP contribution in [0.25, 0.3) is 11.2 Å². The maximum atomic E-state index is 13.7. The highest BCUT2D eigenvalue weighted by Gasteiger charge is 2.31. The summed E-state index contributed by atoms with van der Waals surface area (Å²) in [6.07, 6.45) is 6.52. The van der Waals surface area contributed by atoms with E-state index in [-0.39, 0.29) is 22.9 Å². The van der Waals surface area contributed by atoms with Crippen molar-refractivity contribution in [3.8, 4) is 0 Å². The Bertz CT molecular complexity index is 1770. The molecule has 1 aliphatic rings. The van der Waals surface area contributed by atoms with Gasteiger partial charge in [-0.15, -0.1) is 5.10 Å². The standard InChI is InChI=1S/C25H23ClN8O3S/c26-18-13-17(25(33-15-28-14-19(18)33)32-9-11-38(36,37)12-10-32)21(16-5-2-1-3-6-16)30-24(35)20-22(27)31-34-8-4-7-29-23(20)34/h1-8,13-15,21H,9-12H2,(H2,27,31)(H,30,35). The summed E-state index contributed by atoms with van der Waals surface area (Å²) in [4.78, 5) is 24.3. The van der Waals surface area contributed by atoms with E-state index in [4.69, 9.17) is 17.3 Å².